The number of carbonyl (C=O) groups excluding carboxylic acids is 5. The molecule has 10 aromatic rings. The van der Waals surface area contributed by atoms with Gasteiger partial charge in [-0.3, -0.25) is 14.4 Å². The Balaban J connectivity index is 0.000000206. The van der Waals surface area contributed by atoms with E-state index in [0.29, 0.717) is 58.4 Å². The number of aldehydes is 2. The van der Waals surface area contributed by atoms with Crippen molar-refractivity contribution in [3.05, 3.63) is 188 Å². The Labute approximate surface area is 476 Å². The van der Waals surface area contributed by atoms with E-state index >= 15 is 0 Å². The zero-order chi connectivity index (χ0) is 58.9. The highest BCUT2D eigenvalue weighted by Crippen LogP contribution is 2.17. The fourth-order valence-corrected chi connectivity index (χ4v) is 6.89. The van der Waals surface area contributed by atoms with E-state index in [9.17, 15) is 28.8 Å². The monoisotopic (exact) mass is 1210 g/mol. The van der Waals surface area contributed by atoms with Gasteiger partial charge in [-0.1, -0.05) is 0 Å². The molecule has 10 heterocycles. The molecule has 23 heteroatoms. The number of carboxylic acids is 1. The Kier molecular flexibility index (Phi) is 25.0. The number of nitrogens with one attached hydrogen (secondary N) is 1. The summed E-state index contributed by atoms with van der Waals surface area (Å²) < 4.78 is 6.64. The molecule has 0 atom stereocenters. The van der Waals surface area contributed by atoms with Crippen molar-refractivity contribution in [2.75, 3.05) is 25.1 Å². The van der Waals surface area contributed by atoms with E-state index < -0.39 is 5.97 Å². The second-order valence-corrected chi connectivity index (χ2v) is 18.5. The van der Waals surface area contributed by atoms with E-state index in [-0.39, 0.29) is 34.9 Å². The van der Waals surface area contributed by atoms with E-state index in [0.717, 1.165) is 58.9 Å². The minimum Gasteiger partial charge on any atom is -0.478 e. The maximum atomic E-state index is 11.5. The fraction of sp³-hybridized carbons (Fsp3) is 0.158. The van der Waals surface area contributed by atoms with Crippen LogP contribution in [0.25, 0.3) is 44.1 Å². The number of anilines is 2. The molecule has 0 saturated heterocycles. The molecule has 0 spiro atoms. The smallest absolute Gasteiger partial charge is 0.339 e. The number of aromatic carboxylic acids is 1. The lowest BCUT2D eigenvalue weighted by Crippen LogP contribution is -2.17. The van der Waals surface area contributed by atoms with Crippen molar-refractivity contribution in [2.45, 2.75) is 48.5 Å². The number of nitrogens with zero attached hydrogens (tertiary/aromatic N) is 10. The third-order valence-electron chi connectivity index (χ3n) is 9.98. The van der Waals surface area contributed by atoms with E-state index in [1.807, 2.05) is 82.3 Å². The summed E-state index contributed by atoms with van der Waals surface area (Å²) >= 11 is 6.52. The van der Waals surface area contributed by atoms with Crippen LogP contribution in [0.5, 0.6) is 0 Å². The van der Waals surface area contributed by atoms with Crippen LogP contribution in [-0.4, -0.2) is 105 Å². The maximum Gasteiger partial charge on any atom is 0.339 e. The number of nitrogens with two attached hydrogens (primary N) is 2. The van der Waals surface area contributed by atoms with Crippen molar-refractivity contribution >= 4 is 124 Å². The molecular weight excluding hydrogens is 1150 g/mol. The van der Waals surface area contributed by atoms with Crippen LogP contribution in [0.4, 0.5) is 11.6 Å². The summed E-state index contributed by atoms with van der Waals surface area (Å²) in [6.07, 6.45) is 10.5. The predicted molar refractivity (Wildman–Crippen MR) is 313 cm³/mol. The highest BCUT2D eigenvalue weighted by molar-refractivity contribution is 9.10. The van der Waals surface area contributed by atoms with Gasteiger partial charge in [0.25, 0.3) is 5.91 Å². The number of pyridine rings is 10. The number of halogens is 2. The number of carbonyl (C=O) groups is 6. The van der Waals surface area contributed by atoms with Crippen LogP contribution in [-0.2, 0) is 9.53 Å². The van der Waals surface area contributed by atoms with Crippen LogP contribution >= 0.6 is 31.9 Å². The first kappa shape index (κ1) is 63.1. The van der Waals surface area contributed by atoms with Gasteiger partial charge >= 0.3 is 11.9 Å². The van der Waals surface area contributed by atoms with Crippen LogP contribution in [0.3, 0.4) is 0 Å². The molecule has 0 radical (unpaired) electrons. The number of hydrogen-bond donors (Lipinski definition) is 4. The van der Waals surface area contributed by atoms with Crippen LogP contribution < -0.4 is 16.8 Å². The van der Waals surface area contributed by atoms with Crippen LogP contribution in [0.15, 0.2) is 137 Å². The van der Waals surface area contributed by atoms with Gasteiger partial charge in [-0.05, 0) is 171 Å². The number of amides is 1. The summed E-state index contributed by atoms with van der Waals surface area (Å²) in [5.74, 6) is -0.742. The number of ketones is 1. The second kappa shape index (κ2) is 31.7. The number of fused-ring (bicyclic) bond motifs is 4. The third kappa shape index (κ3) is 20.5. The lowest BCUT2D eigenvalue weighted by Gasteiger charge is -2.02. The molecule has 10 aromatic heterocycles. The van der Waals surface area contributed by atoms with E-state index in [1.54, 1.807) is 69.0 Å². The lowest BCUT2D eigenvalue weighted by molar-refractivity contribution is -0.115. The molecule has 0 fully saturated rings. The summed E-state index contributed by atoms with van der Waals surface area (Å²) in [4.78, 5) is 104. The average molecular weight is 1210 g/mol. The lowest BCUT2D eigenvalue weighted by atomic mass is 10.2. The number of rotatable bonds is 6. The third-order valence-corrected chi connectivity index (χ3v) is 10.8. The maximum absolute atomic E-state index is 11.5. The summed E-state index contributed by atoms with van der Waals surface area (Å²) in [5.41, 5.74) is 19.1. The average Bonchev–Trinajstić information content (AvgIpc) is 3.45. The number of esters is 1. The second-order valence-electron chi connectivity index (χ2n) is 16.7. The highest BCUT2D eigenvalue weighted by atomic mass is 79.9. The molecule has 6 N–H and O–H groups in total. The Morgan fingerprint density at radius 1 is 0.550 bits per heavy atom. The number of aromatic nitrogens is 10. The van der Waals surface area contributed by atoms with Crippen molar-refractivity contribution in [3.8, 4) is 0 Å². The molecule has 21 nitrogen and oxygen atoms in total. The normalized spacial score (nSPS) is 9.88. The minimum atomic E-state index is -0.972. The van der Waals surface area contributed by atoms with Gasteiger partial charge in [0.2, 0.25) is 0 Å². The van der Waals surface area contributed by atoms with Gasteiger partial charge in [0.1, 0.15) is 17.4 Å². The molecule has 0 saturated carbocycles. The van der Waals surface area contributed by atoms with Crippen molar-refractivity contribution in [2.24, 2.45) is 0 Å². The number of Topliss-reactive ketones (excluding diaryl/α,β-unsaturated/α-hetero) is 1. The minimum absolute atomic E-state index is 0.134. The molecule has 0 aromatic carbocycles. The molecule has 0 unspecified atom stereocenters. The quantitative estimate of drug-likeness (QED) is 0.0888. The number of ether oxygens (including phenoxy) is 1. The topological polar surface area (TPSA) is 325 Å². The van der Waals surface area contributed by atoms with Crippen molar-refractivity contribution in [1.82, 2.24) is 55.2 Å². The molecule has 410 valence electrons. The van der Waals surface area contributed by atoms with Crippen LogP contribution in [0.1, 0.15) is 95.3 Å². The standard InChI is InChI=1S/C12H12N2O2.C11H11N3O.C10H8N2O2.C9H7BrN2.C6H5BrN2O.C6H6N2O.C3H6O/c1-3-16-12(15)10-6-9-5-4-8(2)14-11(9)13-7-10;1-7-3-4-8-5-9(11(15)12-2)6-13-10(8)14-7;1-6-2-3-7-4-8(10(13)14)5-11-9(7)12-6;1-6-2-3-7-4-8(10)5-11-9(7)12-6;7-5-1-4(3-10)6(8)9-2-5;7-6-5(4-9)2-1-3-8-6;1-3(2)4/h4-7H,3H2,1-2H3;3-6H,1-2H3,(H,12,15);2-5H,1H3,(H,13,14);2-5H,1H3;1-3H,(H2,8,9);1-4H,(H2,7,8);1-2H3. The van der Waals surface area contributed by atoms with Gasteiger partial charge < -0.3 is 31.4 Å². The Hall–Kier alpha value is -9.48. The van der Waals surface area contributed by atoms with E-state index in [2.05, 4.69) is 87.0 Å². The highest BCUT2D eigenvalue weighted by Gasteiger charge is 2.09. The molecule has 1 amide bonds. The van der Waals surface area contributed by atoms with Crippen molar-refractivity contribution in [1.29, 1.82) is 0 Å². The Bertz CT molecular complexity index is 3770. The van der Waals surface area contributed by atoms with Crippen molar-refractivity contribution in [3.63, 3.8) is 0 Å². The van der Waals surface area contributed by atoms with E-state index in [1.165, 1.54) is 32.4 Å². The Morgan fingerprint density at radius 3 is 1.35 bits per heavy atom. The molecule has 0 aliphatic rings. The van der Waals surface area contributed by atoms with Gasteiger partial charge in [-0.25, -0.2) is 59.4 Å². The number of hydrogen-bond acceptors (Lipinski definition) is 19. The summed E-state index contributed by atoms with van der Waals surface area (Å²) in [7, 11) is 1.60. The molecular formula is C57H55Br2N13O8. The number of nitrogen functional groups attached to an aromatic ring is 2. The zero-order valence-electron chi connectivity index (χ0n) is 44.7. The molecule has 0 bridgehead atoms. The summed E-state index contributed by atoms with van der Waals surface area (Å²) in [6.45, 7) is 12.8. The Morgan fingerprint density at radius 2 is 0.938 bits per heavy atom. The van der Waals surface area contributed by atoms with E-state index in [4.69, 9.17) is 21.3 Å². The van der Waals surface area contributed by atoms with Gasteiger partial charge in [-0.15, -0.1) is 0 Å². The van der Waals surface area contributed by atoms with Crippen LogP contribution in [0.2, 0.25) is 0 Å². The van der Waals surface area contributed by atoms with Gasteiger partial charge in [0.05, 0.1) is 34.4 Å². The first-order valence-corrected chi connectivity index (χ1v) is 25.4. The number of carboxylic acid groups (broad SMARTS) is 1. The van der Waals surface area contributed by atoms with Gasteiger partial charge in [0, 0.05) is 97.5 Å². The summed E-state index contributed by atoms with van der Waals surface area (Å²) in [5, 5.41) is 14.8. The van der Waals surface area contributed by atoms with Crippen LogP contribution in [0, 0.1) is 27.7 Å². The predicted octanol–water partition coefficient (Wildman–Crippen LogP) is 10.1. The molecule has 0 aliphatic heterocycles. The molecule has 10 rings (SSSR count). The molecule has 0 aliphatic carbocycles. The zero-order valence-corrected chi connectivity index (χ0v) is 47.8. The van der Waals surface area contributed by atoms with Gasteiger partial charge in [0.15, 0.2) is 35.2 Å². The largest absolute Gasteiger partial charge is 0.478 e. The number of aryl methyl sites for hydroxylation is 4. The molecule has 80 heavy (non-hydrogen) atoms. The SMILES string of the molecule is CC(C)=O.CCOC(=O)c1cnc2nc(C)ccc2c1.CNC(=O)c1cnc2nc(C)ccc2c1.Cc1ccc2cc(Br)cnc2n1.Cc1ccc2cc(C(=O)O)cnc2n1.Nc1ncc(Br)cc1C=O.Nc1ncccc1C=O. The first-order chi connectivity index (χ1) is 38.1. The first-order valence-electron chi connectivity index (χ1n) is 23.9. The fourth-order valence-electron chi connectivity index (χ4n) is 6.20. The van der Waals surface area contributed by atoms with Crippen molar-refractivity contribution < 1.29 is 38.6 Å². The summed E-state index contributed by atoms with van der Waals surface area (Å²) in [6, 6.07) is 27.3. The van der Waals surface area contributed by atoms with Gasteiger partial charge in [-0.2, -0.15) is 0 Å².